The van der Waals surface area contributed by atoms with Gasteiger partial charge in [-0.1, -0.05) is 19.1 Å². The average molecular weight is 315 g/mol. The predicted octanol–water partition coefficient (Wildman–Crippen LogP) is 1.03. The molecule has 1 unspecified atom stereocenters. The van der Waals surface area contributed by atoms with Crippen LogP contribution in [0.1, 0.15) is 32.3 Å². The van der Waals surface area contributed by atoms with Crippen LogP contribution in [0.5, 0.6) is 0 Å². The molecule has 0 fully saturated rings. The Bertz CT molecular complexity index is 692. The highest BCUT2D eigenvalue weighted by Gasteiger charge is 2.32. The fourth-order valence-corrected chi connectivity index (χ4v) is 2.33. The van der Waals surface area contributed by atoms with Gasteiger partial charge in [0.15, 0.2) is 0 Å². The number of benzene rings is 1. The highest BCUT2D eigenvalue weighted by molar-refractivity contribution is 6.43. The van der Waals surface area contributed by atoms with Gasteiger partial charge in [0.2, 0.25) is 11.7 Å². The fraction of sp³-hybridized carbons (Fsp3) is 0.312. The van der Waals surface area contributed by atoms with E-state index >= 15 is 0 Å². The predicted molar refractivity (Wildman–Crippen MR) is 83.8 cm³/mol. The smallest absolute Gasteiger partial charge is 0.308 e. The van der Waals surface area contributed by atoms with Gasteiger partial charge in [0.05, 0.1) is 18.1 Å². The highest BCUT2D eigenvalue weighted by atomic mass is 16.2. The van der Waals surface area contributed by atoms with E-state index in [1.165, 1.54) is 6.92 Å². The van der Waals surface area contributed by atoms with Crippen molar-refractivity contribution in [2.45, 2.75) is 26.7 Å². The lowest BCUT2D eigenvalue weighted by atomic mass is 9.89. The summed E-state index contributed by atoms with van der Waals surface area (Å²) >= 11 is 0. The molecule has 1 aromatic carbocycles. The third-order valence-electron chi connectivity index (χ3n) is 3.43. The van der Waals surface area contributed by atoms with E-state index in [1.807, 2.05) is 6.92 Å². The number of carbonyl (C=O) groups is 4. The molecule has 120 valence electrons. The lowest BCUT2D eigenvalue weighted by Crippen LogP contribution is -2.42. The molecule has 0 bridgehead atoms. The third-order valence-corrected chi connectivity index (χ3v) is 3.43. The van der Waals surface area contributed by atoms with Crippen LogP contribution in [0.25, 0.3) is 0 Å². The minimum absolute atomic E-state index is 0.174. The maximum absolute atomic E-state index is 11.9. The van der Waals surface area contributed by atoms with Crippen molar-refractivity contribution in [3.8, 4) is 0 Å². The molecule has 2 amide bonds. The summed E-state index contributed by atoms with van der Waals surface area (Å²) in [6, 6.07) is 6.72. The number of amides is 2. The number of hydrogen-bond donors (Lipinski definition) is 2. The summed E-state index contributed by atoms with van der Waals surface area (Å²) in [6.45, 7) is 3.16. The van der Waals surface area contributed by atoms with Gasteiger partial charge in [-0.05, 0) is 31.0 Å². The monoisotopic (exact) mass is 315 g/mol. The van der Waals surface area contributed by atoms with E-state index in [9.17, 15) is 19.2 Å². The summed E-state index contributed by atoms with van der Waals surface area (Å²) < 4.78 is 0. The molecule has 0 spiro atoms. The molecule has 23 heavy (non-hydrogen) atoms. The van der Waals surface area contributed by atoms with Gasteiger partial charge in [-0.15, -0.1) is 0 Å². The van der Waals surface area contributed by atoms with Gasteiger partial charge in [0.25, 0.3) is 0 Å². The molecule has 7 nitrogen and oxygen atoms in total. The van der Waals surface area contributed by atoms with Crippen LogP contribution in [0.4, 0.5) is 5.69 Å². The van der Waals surface area contributed by atoms with E-state index in [4.69, 9.17) is 0 Å². The zero-order valence-corrected chi connectivity index (χ0v) is 12.9. The summed E-state index contributed by atoms with van der Waals surface area (Å²) in [5.74, 6) is -2.36. The van der Waals surface area contributed by atoms with Crippen molar-refractivity contribution >= 4 is 34.8 Å². The molecule has 1 aliphatic heterocycles. The number of anilines is 1. The maximum atomic E-state index is 11.9. The second-order valence-corrected chi connectivity index (χ2v) is 5.27. The largest absolute Gasteiger partial charge is 0.326 e. The lowest BCUT2D eigenvalue weighted by molar-refractivity contribution is -0.139. The third kappa shape index (κ3) is 3.88. The van der Waals surface area contributed by atoms with Gasteiger partial charge >= 0.3 is 5.91 Å². The van der Waals surface area contributed by atoms with Crippen molar-refractivity contribution < 1.29 is 19.2 Å². The van der Waals surface area contributed by atoms with Gasteiger partial charge in [0, 0.05) is 5.69 Å². The number of rotatable bonds is 5. The summed E-state index contributed by atoms with van der Waals surface area (Å²) in [6.07, 6.45) is 0.301. The molecule has 1 aliphatic rings. The Morgan fingerprint density at radius 1 is 1.22 bits per heavy atom. The number of hydrogen-bond acceptors (Lipinski definition) is 5. The SMILES string of the molecule is CCC1C(=O)C(=O)NN=C1c1ccc(NC(=O)CC(C)=O)cc1. The summed E-state index contributed by atoms with van der Waals surface area (Å²) in [4.78, 5) is 45.7. The molecule has 2 N–H and O–H groups in total. The van der Waals surface area contributed by atoms with Crippen LogP contribution in [0.3, 0.4) is 0 Å². The first-order valence-corrected chi connectivity index (χ1v) is 7.23. The molecular formula is C16H17N3O4. The maximum Gasteiger partial charge on any atom is 0.308 e. The second kappa shape index (κ2) is 6.95. The van der Waals surface area contributed by atoms with Crippen LogP contribution < -0.4 is 10.7 Å². The average Bonchev–Trinajstić information content (AvgIpc) is 2.50. The fourth-order valence-electron chi connectivity index (χ4n) is 2.33. The van der Waals surface area contributed by atoms with Crippen molar-refractivity contribution in [2.75, 3.05) is 5.32 Å². The van der Waals surface area contributed by atoms with Crippen molar-refractivity contribution in [2.24, 2.45) is 11.0 Å². The molecule has 0 aliphatic carbocycles. The highest BCUT2D eigenvalue weighted by Crippen LogP contribution is 2.19. The Labute approximate surface area is 133 Å². The van der Waals surface area contributed by atoms with Gasteiger partial charge < -0.3 is 5.32 Å². The number of nitrogens with zero attached hydrogens (tertiary/aromatic N) is 1. The first-order chi connectivity index (χ1) is 10.9. The number of carbonyl (C=O) groups excluding carboxylic acids is 4. The molecule has 7 heteroatoms. The Balaban J connectivity index is 2.16. The summed E-state index contributed by atoms with van der Waals surface area (Å²) in [5.41, 5.74) is 3.94. The minimum atomic E-state index is -0.700. The normalized spacial score (nSPS) is 17.3. The Morgan fingerprint density at radius 2 is 1.87 bits per heavy atom. The molecule has 1 heterocycles. The van der Waals surface area contributed by atoms with Crippen LogP contribution in [-0.2, 0) is 19.2 Å². The molecule has 0 saturated heterocycles. The van der Waals surface area contributed by atoms with Crippen LogP contribution in [0.2, 0.25) is 0 Å². The Morgan fingerprint density at radius 3 is 2.43 bits per heavy atom. The standard InChI is InChI=1S/C16H17N3O4/c1-3-12-14(18-19-16(23)15(12)22)10-4-6-11(7-5-10)17-13(21)8-9(2)20/h4-7,12H,3,8H2,1-2H3,(H,17,21)(H,19,23). The lowest BCUT2D eigenvalue weighted by Gasteiger charge is -2.20. The van der Waals surface area contributed by atoms with Gasteiger partial charge in [0.1, 0.15) is 5.78 Å². The second-order valence-electron chi connectivity index (χ2n) is 5.27. The van der Waals surface area contributed by atoms with Crippen molar-refractivity contribution in [3.05, 3.63) is 29.8 Å². The van der Waals surface area contributed by atoms with Crippen LogP contribution in [0, 0.1) is 5.92 Å². The minimum Gasteiger partial charge on any atom is -0.326 e. The van der Waals surface area contributed by atoms with E-state index in [2.05, 4.69) is 15.8 Å². The first-order valence-electron chi connectivity index (χ1n) is 7.23. The topological polar surface area (TPSA) is 105 Å². The van der Waals surface area contributed by atoms with E-state index in [-0.39, 0.29) is 18.1 Å². The van der Waals surface area contributed by atoms with Crippen molar-refractivity contribution in [1.29, 1.82) is 0 Å². The summed E-state index contributed by atoms with van der Waals surface area (Å²) in [7, 11) is 0. The molecule has 0 aromatic heterocycles. The van der Waals surface area contributed by atoms with E-state index in [0.29, 0.717) is 23.4 Å². The molecular weight excluding hydrogens is 298 g/mol. The van der Waals surface area contributed by atoms with Crippen LogP contribution >= 0.6 is 0 Å². The van der Waals surface area contributed by atoms with E-state index in [1.54, 1.807) is 24.3 Å². The van der Waals surface area contributed by atoms with Crippen LogP contribution in [-0.4, -0.2) is 29.1 Å². The van der Waals surface area contributed by atoms with Gasteiger partial charge in [-0.3, -0.25) is 19.2 Å². The van der Waals surface area contributed by atoms with Crippen LogP contribution in [0.15, 0.2) is 29.4 Å². The molecule has 1 atom stereocenters. The van der Waals surface area contributed by atoms with E-state index < -0.39 is 17.6 Å². The van der Waals surface area contributed by atoms with Gasteiger partial charge in [-0.25, -0.2) is 5.43 Å². The number of nitrogens with one attached hydrogen (secondary N) is 2. The number of hydrazone groups is 1. The summed E-state index contributed by atoms with van der Waals surface area (Å²) in [5, 5.41) is 6.59. The van der Waals surface area contributed by atoms with E-state index in [0.717, 1.165) is 0 Å². The zero-order chi connectivity index (χ0) is 17.0. The molecule has 0 radical (unpaired) electrons. The molecule has 1 aromatic rings. The zero-order valence-electron chi connectivity index (χ0n) is 12.9. The molecule has 0 saturated carbocycles. The van der Waals surface area contributed by atoms with Gasteiger partial charge in [-0.2, -0.15) is 5.10 Å². The molecule has 2 rings (SSSR count). The Kier molecular flexibility index (Phi) is 5.00. The Hall–Kier alpha value is -2.83. The number of ketones is 2. The van der Waals surface area contributed by atoms with Crippen molar-refractivity contribution in [1.82, 2.24) is 5.43 Å². The first kappa shape index (κ1) is 16.5. The quantitative estimate of drug-likeness (QED) is 0.625. The number of Topliss-reactive ketones (excluding diaryl/α,β-unsaturated/α-hetero) is 2. The van der Waals surface area contributed by atoms with Crippen molar-refractivity contribution in [3.63, 3.8) is 0 Å².